The molecule has 4 nitrogen and oxygen atoms in total. The van der Waals surface area contributed by atoms with Crippen molar-refractivity contribution in [2.24, 2.45) is 5.92 Å². The molecule has 1 heterocycles. The second-order valence-electron chi connectivity index (χ2n) is 5.60. The summed E-state index contributed by atoms with van der Waals surface area (Å²) < 4.78 is 16.7. The van der Waals surface area contributed by atoms with Crippen molar-refractivity contribution in [3.05, 3.63) is 29.3 Å². The van der Waals surface area contributed by atoms with E-state index in [1.165, 1.54) is 5.56 Å². The number of hydrogen-bond acceptors (Lipinski definition) is 4. The van der Waals surface area contributed by atoms with Crippen LogP contribution in [0.25, 0.3) is 0 Å². The summed E-state index contributed by atoms with van der Waals surface area (Å²) in [6, 6.07) is 6.65. The molecule has 0 amide bonds. The molecule has 2 rings (SSSR count). The minimum atomic E-state index is 0.336. The zero-order valence-electron chi connectivity index (χ0n) is 13.4. The third-order valence-electron chi connectivity index (χ3n) is 3.95. The highest BCUT2D eigenvalue weighted by Gasteiger charge is 2.16. The van der Waals surface area contributed by atoms with Gasteiger partial charge in [-0.1, -0.05) is 13.0 Å². The lowest BCUT2D eigenvalue weighted by atomic mass is 10.0. The zero-order valence-corrected chi connectivity index (χ0v) is 13.4. The molecule has 0 aliphatic carbocycles. The number of ether oxygens (including phenoxy) is 3. The fraction of sp³-hybridized carbons (Fsp3) is 0.647. The monoisotopic (exact) mass is 293 g/mol. The van der Waals surface area contributed by atoms with E-state index < -0.39 is 0 Å². The Morgan fingerprint density at radius 3 is 2.95 bits per heavy atom. The summed E-state index contributed by atoms with van der Waals surface area (Å²) in [5, 5.41) is 3.43. The van der Waals surface area contributed by atoms with Gasteiger partial charge in [0.1, 0.15) is 5.75 Å². The second-order valence-corrected chi connectivity index (χ2v) is 5.60. The topological polar surface area (TPSA) is 39.7 Å². The molecule has 1 aromatic carbocycles. The van der Waals surface area contributed by atoms with Gasteiger partial charge in [0, 0.05) is 24.1 Å². The molecular formula is C17H27NO3. The number of hydrogen-bond donors (Lipinski definition) is 1. The van der Waals surface area contributed by atoms with Crippen LogP contribution < -0.4 is 10.1 Å². The van der Waals surface area contributed by atoms with E-state index in [2.05, 4.69) is 31.3 Å². The summed E-state index contributed by atoms with van der Waals surface area (Å²) >= 11 is 0. The van der Waals surface area contributed by atoms with Crippen LogP contribution in [0.5, 0.6) is 5.75 Å². The Labute approximate surface area is 127 Å². The summed E-state index contributed by atoms with van der Waals surface area (Å²) in [5.74, 6) is 1.44. The summed E-state index contributed by atoms with van der Waals surface area (Å²) in [6.45, 7) is 8.30. The van der Waals surface area contributed by atoms with Gasteiger partial charge >= 0.3 is 0 Å². The maximum absolute atomic E-state index is 5.86. The average Bonchev–Trinajstić information content (AvgIpc) is 3.00. The predicted molar refractivity (Wildman–Crippen MR) is 83.7 cm³/mol. The first-order valence-electron chi connectivity index (χ1n) is 7.80. The zero-order chi connectivity index (χ0) is 15.1. The number of rotatable bonds is 8. The molecule has 2 unspecified atom stereocenters. The van der Waals surface area contributed by atoms with Crippen LogP contribution in [0.3, 0.4) is 0 Å². The minimum Gasteiger partial charge on any atom is -0.496 e. The molecule has 118 valence electrons. The predicted octanol–water partition coefficient (Wildman–Crippen LogP) is 2.92. The third-order valence-corrected chi connectivity index (χ3v) is 3.95. The Balaban J connectivity index is 1.96. The molecule has 1 N–H and O–H groups in total. The van der Waals surface area contributed by atoms with E-state index in [1.54, 1.807) is 7.11 Å². The van der Waals surface area contributed by atoms with Crippen molar-refractivity contribution >= 4 is 0 Å². The van der Waals surface area contributed by atoms with Crippen LogP contribution in [0.15, 0.2) is 18.2 Å². The summed E-state index contributed by atoms with van der Waals surface area (Å²) in [6.07, 6.45) is 1.11. The van der Waals surface area contributed by atoms with Crippen LogP contribution in [0.4, 0.5) is 0 Å². The first kappa shape index (κ1) is 16.3. The van der Waals surface area contributed by atoms with E-state index >= 15 is 0 Å². The van der Waals surface area contributed by atoms with Gasteiger partial charge in [0.15, 0.2) is 0 Å². The highest BCUT2D eigenvalue weighted by atomic mass is 16.5. The largest absolute Gasteiger partial charge is 0.496 e. The lowest BCUT2D eigenvalue weighted by Gasteiger charge is -2.17. The molecule has 1 saturated heterocycles. The molecule has 0 saturated carbocycles. The standard InChI is InChI=1S/C17H27NO3/c1-4-18-13(2)15-5-6-17(19-3)16(9-15)12-21-11-14-7-8-20-10-14/h5-6,9,13-14,18H,4,7-8,10-12H2,1-3H3. The van der Waals surface area contributed by atoms with Crippen LogP contribution in [0.2, 0.25) is 0 Å². The molecule has 1 fully saturated rings. The van der Waals surface area contributed by atoms with E-state index in [-0.39, 0.29) is 0 Å². The first-order chi connectivity index (χ1) is 10.2. The number of methoxy groups -OCH3 is 1. The van der Waals surface area contributed by atoms with Crippen molar-refractivity contribution in [3.8, 4) is 5.75 Å². The molecule has 4 heteroatoms. The Hall–Kier alpha value is -1.10. The lowest BCUT2D eigenvalue weighted by Crippen LogP contribution is -2.18. The van der Waals surface area contributed by atoms with Crippen molar-refractivity contribution in [1.82, 2.24) is 5.32 Å². The van der Waals surface area contributed by atoms with E-state index in [1.807, 2.05) is 6.07 Å². The fourth-order valence-corrected chi connectivity index (χ4v) is 2.66. The highest BCUT2D eigenvalue weighted by molar-refractivity contribution is 5.38. The van der Waals surface area contributed by atoms with Crippen molar-refractivity contribution in [1.29, 1.82) is 0 Å². The van der Waals surface area contributed by atoms with Gasteiger partial charge in [0.25, 0.3) is 0 Å². The van der Waals surface area contributed by atoms with Gasteiger partial charge in [0.2, 0.25) is 0 Å². The minimum absolute atomic E-state index is 0.336. The lowest BCUT2D eigenvalue weighted by molar-refractivity contribution is 0.0779. The van der Waals surface area contributed by atoms with E-state index in [9.17, 15) is 0 Å². The Bertz CT molecular complexity index is 430. The molecule has 0 aromatic heterocycles. The van der Waals surface area contributed by atoms with E-state index in [4.69, 9.17) is 14.2 Å². The maximum atomic E-state index is 5.86. The van der Waals surface area contributed by atoms with Crippen LogP contribution in [0.1, 0.15) is 37.4 Å². The Kier molecular flexibility index (Phi) is 6.49. The van der Waals surface area contributed by atoms with Gasteiger partial charge in [-0.25, -0.2) is 0 Å². The first-order valence-corrected chi connectivity index (χ1v) is 7.80. The Morgan fingerprint density at radius 1 is 1.43 bits per heavy atom. The molecule has 0 radical (unpaired) electrons. The van der Waals surface area contributed by atoms with Crippen molar-refractivity contribution < 1.29 is 14.2 Å². The van der Waals surface area contributed by atoms with Gasteiger partial charge in [-0.15, -0.1) is 0 Å². The fourth-order valence-electron chi connectivity index (χ4n) is 2.66. The maximum Gasteiger partial charge on any atom is 0.124 e. The SMILES string of the molecule is CCNC(C)c1ccc(OC)c(COCC2CCOC2)c1. The van der Waals surface area contributed by atoms with Crippen LogP contribution in [-0.4, -0.2) is 33.5 Å². The molecular weight excluding hydrogens is 266 g/mol. The van der Waals surface area contributed by atoms with Crippen molar-refractivity contribution in [2.75, 3.05) is 33.5 Å². The normalized spacial score (nSPS) is 19.7. The van der Waals surface area contributed by atoms with Crippen LogP contribution >= 0.6 is 0 Å². The molecule has 1 aromatic rings. The van der Waals surface area contributed by atoms with Crippen LogP contribution in [-0.2, 0) is 16.1 Å². The molecule has 0 spiro atoms. The number of benzene rings is 1. The third kappa shape index (κ3) is 4.70. The molecule has 21 heavy (non-hydrogen) atoms. The molecule has 0 bridgehead atoms. The summed E-state index contributed by atoms with van der Waals surface area (Å²) in [7, 11) is 1.71. The van der Waals surface area contributed by atoms with E-state index in [0.29, 0.717) is 18.6 Å². The Morgan fingerprint density at radius 2 is 2.29 bits per heavy atom. The average molecular weight is 293 g/mol. The molecule has 1 aliphatic heterocycles. The van der Waals surface area contributed by atoms with E-state index in [0.717, 1.165) is 44.1 Å². The van der Waals surface area contributed by atoms with Crippen molar-refractivity contribution in [2.45, 2.75) is 32.9 Å². The van der Waals surface area contributed by atoms with Crippen molar-refractivity contribution in [3.63, 3.8) is 0 Å². The highest BCUT2D eigenvalue weighted by Crippen LogP contribution is 2.24. The summed E-state index contributed by atoms with van der Waals surface area (Å²) in [4.78, 5) is 0. The molecule has 1 aliphatic rings. The van der Waals surface area contributed by atoms with Gasteiger partial charge < -0.3 is 19.5 Å². The van der Waals surface area contributed by atoms with Gasteiger partial charge in [-0.2, -0.15) is 0 Å². The van der Waals surface area contributed by atoms with Gasteiger partial charge in [0.05, 0.1) is 26.9 Å². The molecule has 2 atom stereocenters. The van der Waals surface area contributed by atoms with Gasteiger partial charge in [-0.3, -0.25) is 0 Å². The quantitative estimate of drug-likeness (QED) is 0.800. The smallest absolute Gasteiger partial charge is 0.124 e. The van der Waals surface area contributed by atoms with Crippen LogP contribution in [0, 0.1) is 5.92 Å². The second kappa shape index (κ2) is 8.37. The summed E-state index contributed by atoms with van der Waals surface area (Å²) in [5.41, 5.74) is 2.37. The van der Waals surface area contributed by atoms with Gasteiger partial charge in [-0.05, 0) is 37.6 Å². The number of nitrogens with one attached hydrogen (secondary N) is 1.